The van der Waals surface area contributed by atoms with E-state index in [0.29, 0.717) is 24.4 Å². The molecule has 2 aliphatic rings. The molecule has 1 aliphatic carbocycles. The molecule has 3 heteroatoms. The zero-order valence-corrected chi connectivity index (χ0v) is 12.2. The van der Waals surface area contributed by atoms with Crippen molar-refractivity contribution < 1.29 is 4.79 Å². The zero-order valence-electron chi connectivity index (χ0n) is 12.2. The Kier molecular flexibility index (Phi) is 4.31. The topological polar surface area (TPSA) is 32.3 Å². The molecule has 0 aromatic carbocycles. The van der Waals surface area contributed by atoms with Gasteiger partial charge in [-0.15, -0.1) is 0 Å². The van der Waals surface area contributed by atoms with Crippen molar-refractivity contribution in [3.8, 4) is 0 Å². The van der Waals surface area contributed by atoms with Crippen LogP contribution in [-0.2, 0) is 4.79 Å². The van der Waals surface area contributed by atoms with Crippen molar-refractivity contribution in [3.05, 3.63) is 0 Å². The van der Waals surface area contributed by atoms with Gasteiger partial charge >= 0.3 is 0 Å². The summed E-state index contributed by atoms with van der Waals surface area (Å²) in [5.41, 5.74) is 0.101. The third kappa shape index (κ3) is 4.27. The molecule has 1 saturated carbocycles. The van der Waals surface area contributed by atoms with E-state index >= 15 is 0 Å². The molecule has 2 fully saturated rings. The van der Waals surface area contributed by atoms with Crippen molar-refractivity contribution in [2.45, 2.75) is 71.4 Å². The number of amides is 1. The highest BCUT2D eigenvalue weighted by Gasteiger charge is 2.35. The van der Waals surface area contributed by atoms with Gasteiger partial charge < -0.3 is 10.2 Å². The van der Waals surface area contributed by atoms with E-state index in [2.05, 4.69) is 31.0 Å². The second kappa shape index (κ2) is 5.60. The first kappa shape index (κ1) is 13.9. The number of carbonyl (C=O) groups is 1. The minimum absolute atomic E-state index is 0.101. The lowest BCUT2D eigenvalue weighted by Gasteiger charge is -2.32. The van der Waals surface area contributed by atoms with Crippen molar-refractivity contribution in [1.29, 1.82) is 0 Å². The Morgan fingerprint density at radius 1 is 1.22 bits per heavy atom. The molecule has 1 N–H and O–H groups in total. The van der Waals surface area contributed by atoms with Crippen LogP contribution < -0.4 is 5.32 Å². The molecule has 2 rings (SSSR count). The summed E-state index contributed by atoms with van der Waals surface area (Å²) in [6.45, 7) is 8.49. The summed E-state index contributed by atoms with van der Waals surface area (Å²) in [6.07, 6.45) is 6.92. The van der Waals surface area contributed by atoms with Gasteiger partial charge in [-0.2, -0.15) is 0 Å². The highest BCUT2D eigenvalue weighted by molar-refractivity contribution is 5.77. The molecular formula is C15H28N2O. The standard InChI is InChI=1S/C15H28N2O/c1-15(2,3)10-14(18)17(13-7-8-13)11-12-6-4-5-9-16-12/h12-13,16H,4-11H2,1-3H3. The molecule has 1 unspecified atom stereocenters. The van der Waals surface area contributed by atoms with Gasteiger partial charge in [0, 0.05) is 25.0 Å². The molecule has 0 spiro atoms. The number of nitrogens with zero attached hydrogens (tertiary/aromatic N) is 1. The fraction of sp³-hybridized carbons (Fsp3) is 0.933. The second-order valence-corrected chi connectivity index (χ2v) is 7.16. The van der Waals surface area contributed by atoms with Crippen LogP contribution >= 0.6 is 0 Å². The van der Waals surface area contributed by atoms with Crippen molar-refractivity contribution in [2.75, 3.05) is 13.1 Å². The van der Waals surface area contributed by atoms with Gasteiger partial charge in [-0.05, 0) is 37.6 Å². The van der Waals surface area contributed by atoms with E-state index in [1.54, 1.807) is 0 Å². The van der Waals surface area contributed by atoms with E-state index in [1.807, 2.05) is 0 Å². The fourth-order valence-electron chi connectivity index (χ4n) is 2.71. The monoisotopic (exact) mass is 252 g/mol. The maximum atomic E-state index is 12.4. The van der Waals surface area contributed by atoms with Crippen LogP contribution in [0.4, 0.5) is 0 Å². The van der Waals surface area contributed by atoms with E-state index < -0.39 is 0 Å². The molecule has 104 valence electrons. The number of nitrogens with one attached hydrogen (secondary N) is 1. The molecule has 0 aromatic rings. The van der Waals surface area contributed by atoms with Crippen LogP contribution in [0.1, 0.15) is 59.3 Å². The van der Waals surface area contributed by atoms with Crippen LogP contribution in [0.15, 0.2) is 0 Å². The molecule has 1 heterocycles. The van der Waals surface area contributed by atoms with E-state index in [-0.39, 0.29) is 5.41 Å². The number of hydrogen-bond donors (Lipinski definition) is 1. The highest BCUT2D eigenvalue weighted by atomic mass is 16.2. The fourth-order valence-corrected chi connectivity index (χ4v) is 2.71. The molecule has 1 aliphatic heterocycles. The first-order valence-corrected chi connectivity index (χ1v) is 7.48. The van der Waals surface area contributed by atoms with Crippen molar-refractivity contribution in [3.63, 3.8) is 0 Å². The Balaban J connectivity index is 1.88. The van der Waals surface area contributed by atoms with E-state index in [4.69, 9.17) is 0 Å². The summed E-state index contributed by atoms with van der Waals surface area (Å²) in [7, 11) is 0. The normalized spacial score (nSPS) is 24.9. The van der Waals surface area contributed by atoms with Crippen molar-refractivity contribution in [1.82, 2.24) is 10.2 Å². The van der Waals surface area contributed by atoms with Crippen molar-refractivity contribution in [2.24, 2.45) is 5.41 Å². The lowest BCUT2D eigenvalue weighted by atomic mass is 9.91. The molecule has 1 saturated heterocycles. The van der Waals surface area contributed by atoms with Gasteiger partial charge in [-0.25, -0.2) is 0 Å². The Bertz CT molecular complexity index is 285. The van der Waals surface area contributed by atoms with E-state index in [1.165, 1.54) is 32.1 Å². The lowest BCUT2D eigenvalue weighted by molar-refractivity contribution is -0.134. The first-order chi connectivity index (χ1) is 8.46. The summed E-state index contributed by atoms with van der Waals surface area (Å²) in [4.78, 5) is 14.6. The minimum atomic E-state index is 0.101. The average Bonchev–Trinajstić information content (AvgIpc) is 3.08. The maximum absolute atomic E-state index is 12.4. The van der Waals surface area contributed by atoms with Crippen LogP contribution in [0.25, 0.3) is 0 Å². The molecule has 18 heavy (non-hydrogen) atoms. The quantitative estimate of drug-likeness (QED) is 0.834. The lowest BCUT2D eigenvalue weighted by Crippen LogP contribution is -2.47. The highest BCUT2D eigenvalue weighted by Crippen LogP contribution is 2.30. The van der Waals surface area contributed by atoms with Crippen LogP contribution in [0.2, 0.25) is 0 Å². The Morgan fingerprint density at radius 3 is 2.44 bits per heavy atom. The van der Waals surface area contributed by atoms with Crippen LogP contribution in [-0.4, -0.2) is 36.0 Å². The molecular weight excluding hydrogens is 224 g/mol. The molecule has 1 atom stereocenters. The summed E-state index contributed by atoms with van der Waals surface area (Å²) < 4.78 is 0. The van der Waals surface area contributed by atoms with Gasteiger partial charge in [0.2, 0.25) is 5.91 Å². The van der Waals surface area contributed by atoms with Crippen molar-refractivity contribution >= 4 is 5.91 Å². The summed E-state index contributed by atoms with van der Waals surface area (Å²) in [5, 5.41) is 3.56. The zero-order chi connectivity index (χ0) is 13.2. The molecule has 1 amide bonds. The van der Waals surface area contributed by atoms with Gasteiger partial charge in [-0.1, -0.05) is 27.2 Å². The smallest absolute Gasteiger partial charge is 0.223 e. The van der Waals surface area contributed by atoms with E-state index in [9.17, 15) is 4.79 Å². The second-order valence-electron chi connectivity index (χ2n) is 7.16. The van der Waals surface area contributed by atoms with Gasteiger partial charge in [0.25, 0.3) is 0 Å². The summed E-state index contributed by atoms with van der Waals surface area (Å²) in [5.74, 6) is 0.359. The number of rotatable bonds is 4. The van der Waals surface area contributed by atoms with Gasteiger partial charge in [0.1, 0.15) is 0 Å². The molecule has 0 bridgehead atoms. The van der Waals surface area contributed by atoms with Gasteiger partial charge in [-0.3, -0.25) is 4.79 Å². The van der Waals surface area contributed by atoms with Crippen LogP contribution in [0.3, 0.4) is 0 Å². The van der Waals surface area contributed by atoms with Gasteiger partial charge in [0.05, 0.1) is 0 Å². The number of piperidine rings is 1. The van der Waals surface area contributed by atoms with Gasteiger partial charge in [0.15, 0.2) is 0 Å². The van der Waals surface area contributed by atoms with Crippen LogP contribution in [0.5, 0.6) is 0 Å². The third-order valence-corrected chi connectivity index (χ3v) is 3.82. The minimum Gasteiger partial charge on any atom is -0.338 e. The maximum Gasteiger partial charge on any atom is 0.223 e. The predicted molar refractivity (Wildman–Crippen MR) is 74.4 cm³/mol. The van der Waals surface area contributed by atoms with E-state index in [0.717, 1.165) is 13.1 Å². The molecule has 3 nitrogen and oxygen atoms in total. The first-order valence-electron chi connectivity index (χ1n) is 7.48. The number of hydrogen-bond acceptors (Lipinski definition) is 2. The average molecular weight is 252 g/mol. The van der Waals surface area contributed by atoms with Crippen LogP contribution in [0, 0.1) is 5.41 Å². The predicted octanol–water partition coefficient (Wildman–Crippen LogP) is 2.56. The summed E-state index contributed by atoms with van der Waals surface area (Å²) >= 11 is 0. The molecule has 0 radical (unpaired) electrons. The third-order valence-electron chi connectivity index (χ3n) is 3.82. The Morgan fingerprint density at radius 2 is 1.94 bits per heavy atom. The Hall–Kier alpha value is -0.570. The summed E-state index contributed by atoms with van der Waals surface area (Å²) in [6, 6.07) is 1.08. The number of carbonyl (C=O) groups excluding carboxylic acids is 1. The Labute approximate surface area is 111 Å². The SMILES string of the molecule is CC(C)(C)CC(=O)N(CC1CCCCN1)C1CC1. The molecule has 0 aromatic heterocycles. The largest absolute Gasteiger partial charge is 0.338 e.